The highest BCUT2D eigenvalue weighted by Gasteiger charge is 2.25. The van der Waals surface area contributed by atoms with E-state index in [1.54, 1.807) is 0 Å². The zero-order valence-electron chi connectivity index (χ0n) is 18.1. The summed E-state index contributed by atoms with van der Waals surface area (Å²) < 4.78 is 0. The quantitative estimate of drug-likeness (QED) is 0.570. The smallest absolute Gasteiger partial charge is 0.159 e. The van der Waals surface area contributed by atoms with Gasteiger partial charge in [0.1, 0.15) is 6.29 Å². The molecule has 0 amide bonds. The van der Waals surface area contributed by atoms with Gasteiger partial charge in [-0.2, -0.15) is 0 Å². The second-order valence-electron chi connectivity index (χ2n) is 9.02. The van der Waals surface area contributed by atoms with Crippen molar-refractivity contribution in [2.45, 2.75) is 57.9 Å². The highest BCUT2D eigenvalue weighted by molar-refractivity contribution is 5.66. The van der Waals surface area contributed by atoms with Gasteiger partial charge in [0.2, 0.25) is 0 Å². The number of aldehydes is 1. The van der Waals surface area contributed by atoms with Crippen molar-refractivity contribution in [2.75, 3.05) is 13.6 Å². The summed E-state index contributed by atoms with van der Waals surface area (Å²) >= 11 is 0. The first-order chi connectivity index (χ1) is 14.7. The molecule has 4 heteroatoms. The standard InChI is InChI=1S/C26H33N3O/c1-29(15-16-30)19-20-7-9-24(10-8-20)26-27-17-25(18-28-26)23-13-11-22(12-14-23)21-5-3-2-4-6-21/h7-10,13,16-18,21-22H,2-6,11-12,14-15,19H2,1H3. The van der Waals surface area contributed by atoms with Crippen molar-refractivity contribution >= 4 is 11.9 Å². The lowest BCUT2D eigenvalue weighted by molar-refractivity contribution is -0.108. The molecule has 1 aromatic carbocycles. The monoisotopic (exact) mass is 403 g/mol. The molecule has 2 aliphatic rings. The molecule has 1 fully saturated rings. The van der Waals surface area contributed by atoms with Gasteiger partial charge < -0.3 is 4.79 Å². The summed E-state index contributed by atoms with van der Waals surface area (Å²) in [6, 6.07) is 8.30. The molecule has 0 aliphatic heterocycles. The van der Waals surface area contributed by atoms with E-state index in [1.807, 2.05) is 24.3 Å². The van der Waals surface area contributed by atoms with Crippen LogP contribution in [0.4, 0.5) is 0 Å². The Hall–Kier alpha value is -2.33. The molecule has 30 heavy (non-hydrogen) atoms. The molecule has 0 N–H and O–H groups in total. The molecule has 4 rings (SSSR count). The molecule has 1 atom stereocenters. The lowest BCUT2D eigenvalue weighted by Gasteiger charge is -2.32. The number of hydrogen-bond donors (Lipinski definition) is 0. The SMILES string of the molecule is CN(CC=O)Cc1ccc(-c2ncc(C3=CCC(C4CCCCC4)CC3)cn2)cc1. The molecule has 1 heterocycles. The van der Waals surface area contributed by atoms with Crippen LogP contribution in [-0.4, -0.2) is 34.7 Å². The van der Waals surface area contributed by atoms with E-state index in [0.29, 0.717) is 6.54 Å². The van der Waals surface area contributed by atoms with Crippen molar-refractivity contribution in [1.82, 2.24) is 14.9 Å². The van der Waals surface area contributed by atoms with Crippen LogP contribution in [0.5, 0.6) is 0 Å². The van der Waals surface area contributed by atoms with Crippen LogP contribution in [0.25, 0.3) is 17.0 Å². The van der Waals surface area contributed by atoms with Crippen molar-refractivity contribution in [3.05, 3.63) is 53.9 Å². The first kappa shape index (κ1) is 20.9. The Morgan fingerprint density at radius 2 is 1.70 bits per heavy atom. The third-order valence-corrected chi connectivity index (χ3v) is 6.84. The fourth-order valence-corrected chi connectivity index (χ4v) is 5.06. The van der Waals surface area contributed by atoms with E-state index in [9.17, 15) is 4.79 Å². The molecular weight excluding hydrogens is 370 g/mol. The van der Waals surface area contributed by atoms with E-state index in [1.165, 1.54) is 61.6 Å². The normalized spacial score (nSPS) is 20.2. The lowest BCUT2D eigenvalue weighted by Crippen LogP contribution is -2.19. The molecule has 2 aliphatic carbocycles. The summed E-state index contributed by atoms with van der Waals surface area (Å²) in [5.74, 6) is 2.61. The van der Waals surface area contributed by atoms with Gasteiger partial charge >= 0.3 is 0 Å². The van der Waals surface area contributed by atoms with E-state index < -0.39 is 0 Å². The third kappa shape index (κ3) is 5.23. The Morgan fingerprint density at radius 1 is 0.967 bits per heavy atom. The third-order valence-electron chi connectivity index (χ3n) is 6.84. The van der Waals surface area contributed by atoms with Crippen LogP contribution in [0.15, 0.2) is 42.7 Å². The zero-order chi connectivity index (χ0) is 20.8. The van der Waals surface area contributed by atoms with E-state index >= 15 is 0 Å². The zero-order valence-corrected chi connectivity index (χ0v) is 18.1. The average Bonchev–Trinajstić information content (AvgIpc) is 2.81. The molecular formula is C26H33N3O. The number of aromatic nitrogens is 2. The lowest BCUT2D eigenvalue weighted by atomic mass is 9.73. The van der Waals surface area contributed by atoms with E-state index in [4.69, 9.17) is 0 Å². The summed E-state index contributed by atoms with van der Waals surface area (Å²) in [4.78, 5) is 21.9. The highest BCUT2D eigenvalue weighted by Crippen LogP contribution is 2.39. The molecule has 0 spiro atoms. The van der Waals surface area contributed by atoms with Gasteiger partial charge in [0.15, 0.2) is 5.82 Å². The maximum absolute atomic E-state index is 10.6. The number of rotatable bonds is 7. The predicted octanol–water partition coefficient (Wildman–Crippen LogP) is 5.54. The van der Waals surface area contributed by atoms with Gasteiger partial charge in [-0.1, -0.05) is 62.4 Å². The van der Waals surface area contributed by atoms with E-state index in [2.05, 4.69) is 40.3 Å². The molecule has 158 valence electrons. The van der Waals surface area contributed by atoms with Gasteiger partial charge in [-0.25, -0.2) is 9.97 Å². The van der Waals surface area contributed by atoms with Gasteiger partial charge in [-0.05, 0) is 49.3 Å². The number of allylic oxidation sites excluding steroid dienone is 2. The molecule has 0 bridgehead atoms. The molecule has 2 aromatic rings. The largest absolute Gasteiger partial charge is 0.302 e. The van der Waals surface area contributed by atoms with Gasteiger partial charge in [0.05, 0.1) is 6.54 Å². The van der Waals surface area contributed by atoms with Crippen LogP contribution in [0.2, 0.25) is 0 Å². The molecule has 1 saturated carbocycles. The maximum Gasteiger partial charge on any atom is 0.159 e. The Balaban J connectivity index is 1.37. The summed E-state index contributed by atoms with van der Waals surface area (Å²) in [6.45, 7) is 1.21. The second kappa shape index (κ2) is 10.1. The van der Waals surface area contributed by atoms with E-state index in [-0.39, 0.29) is 0 Å². The average molecular weight is 404 g/mol. The van der Waals surface area contributed by atoms with Crippen LogP contribution < -0.4 is 0 Å². The summed E-state index contributed by atoms with van der Waals surface area (Å²) in [7, 11) is 1.95. The minimum Gasteiger partial charge on any atom is -0.302 e. The van der Waals surface area contributed by atoms with Crippen molar-refractivity contribution in [1.29, 1.82) is 0 Å². The van der Waals surface area contributed by atoms with Crippen molar-refractivity contribution in [2.24, 2.45) is 11.8 Å². The minimum atomic E-state index is 0.448. The molecule has 0 saturated heterocycles. The second-order valence-corrected chi connectivity index (χ2v) is 9.02. The summed E-state index contributed by atoms with van der Waals surface area (Å²) in [5.41, 5.74) is 4.80. The topological polar surface area (TPSA) is 46.1 Å². The maximum atomic E-state index is 10.6. The fourth-order valence-electron chi connectivity index (χ4n) is 5.06. The Morgan fingerprint density at radius 3 is 2.33 bits per heavy atom. The van der Waals surface area contributed by atoms with Gasteiger partial charge in [-0.3, -0.25) is 4.90 Å². The highest BCUT2D eigenvalue weighted by atomic mass is 16.1. The number of carbonyl (C=O) groups is 1. The number of likely N-dealkylation sites (N-methyl/N-ethyl adjacent to an activating group) is 1. The number of carbonyl (C=O) groups excluding carboxylic acids is 1. The minimum absolute atomic E-state index is 0.448. The summed E-state index contributed by atoms with van der Waals surface area (Å²) in [6.07, 6.45) is 18.2. The van der Waals surface area contributed by atoms with Crippen LogP contribution >= 0.6 is 0 Å². The van der Waals surface area contributed by atoms with Crippen LogP contribution in [0.3, 0.4) is 0 Å². The Labute approximate surface area is 180 Å². The first-order valence-electron chi connectivity index (χ1n) is 11.5. The van der Waals surface area contributed by atoms with Crippen LogP contribution in [0.1, 0.15) is 62.5 Å². The van der Waals surface area contributed by atoms with Crippen molar-refractivity contribution in [3.63, 3.8) is 0 Å². The van der Waals surface area contributed by atoms with Gasteiger partial charge in [0, 0.05) is 30.1 Å². The molecule has 4 nitrogen and oxygen atoms in total. The van der Waals surface area contributed by atoms with Crippen molar-refractivity contribution in [3.8, 4) is 11.4 Å². The Bertz CT molecular complexity index is 851. The number of hydrogen-bond acceptors (Lipinski definition) is 4. The van der Waals surface area contributed by atoms with Crippen LogP contribution in [0, 0.1) is 11.8 Å². The van der Waals surface area contributed by atoms with E-state index in [0.717, 1.165) is 42.5 Å². The molecule has 1 aromatic heterocycles. The first-order valence-corrected chi connectivity index (χ1v) is 11.5. The number of nitrogens with zero attached hydrogens (tertiary/aromatic N) is 3. The summed E-state index contributed by atoms with van der Waals surface area (Å²) in [5, 5.41) is 0. The fraction of sp³-hybridized carbons (Fsp3) is 0.500. The molecule has 0 radical (unpaired) electrons. The van der Waals surface area contributed by atoms with Crippen molar-refractivity contribution < 1.29 is 4.79 Å². The Kier molecular flexibility index (Phi) is 7.06. The predicted molar refractivity (Wildman–Crippen MR) is 122 cm³/mol. The van der Waals surface area contributed by atoms with Crippen LogP contribution in [-0.2, 0) is 11.3 Å². The molecule has 1 unspecified atom stereocenters. The van der Waals surface area contributed by atoms with Gasteiger partial charge in [0.25, 0.3) is 0 Å². The number of benzene rings is 1. The van der Waals surface area contributed by atoms with Gasteiger partial charge in [-0.15, -0.1) is 0 Å².